The number of halogens is 3. The number of thiazole rings is 1. The van der Waals surface area contributed by atoms with Crippen molar-refractivity contribution < 1.29 is 18.0 Å². The number of amides is 1. The summed E-state index contributed by atoms with van der Waals surface area (Å²) < 4.78 is 38.4. The monoisotopic (exact) mass is 474 g/mol. The molecule has 0 spiro atoms. The first-order valence-electron chi connectivity index (χ1n) is 10.8. The molecule has 33 heavy (non-hydrogen) atoms. The molecule has 1 saturated heterocycles. The van der Waals surface area contributed by atoms with Gasteiger partial charge in [-0.15, -0.1) is 11.3 Å². The number of hydrogen-bond acceptors (Lipinski definition) is 5. The van der Waals surface area contributed by atoms with Gasteiger partial charge in [0.2, 0.25) is 0 Å². The minimum atomic E-state index is -4.42. The number of carbonyl (C=O) groups excluding carboxylic acids is 1. The molecule has 1 aliphatic rings. The van der Waals surface area contributed by atoms with E-state index in [2.05, 4.69) is 22.2 Å². The molecule has 1 aromatic carbocycles. The Balaban J connectivity index is 1.54. The number of nitrogens with zero attached hydrogens (tertiary/aromatic N) is 3. The number of hydrogen-bond donors (Lipinski definition) is 1. The normalized spacial score (nSPS) is 18.9. The van der Waals surface area contributed by atoms with Crippen LogP contribution in [0, 0.1) is 12.8 Å². The van der Waals surface area contributed by atoms with Gasteiger partial charge < -0.3 is 10.2 Å². The van der Waals surface area contributed by atoms with Gasteiger partial charge in [0.05, 0.1) is 22.3 Å². The van der Waals surface area contributed by atoms with Crippen molar-refractivity contribution in [3.63, 3.8) is 0 Å². The summed E-state index contributed by atoms with van der Waals surface area (Å²) in [6.45, 7) is 5.02. The first-order chi connectivity index (χ1) is 15.7. The molecule has 0 radical (unpaired) electrons. The molecule has 174 valence electrons. The van der Waals surface area contributed by atoms with Gasteiger partial charge in [-0.3, -0.25) is 4.79 Å². The molecule has 1 fully saturated rings. The van der Waals surface area contributed by atoms with Crippen molar-refractivity contribution in [1.82, 2.24) is 14.9 Å². The van der Waals surface area contributed by atoms with Gasteiger partial charge in [-0.2, -0.15) is 13.2 Å². The van der Waals surface area contributed by atoms with Crippen molar-refractivity contribution in [2.45, 2.75) is 38.9 Å². The fourth-order valence-electron chi connectivity index (χ4n) is 4.18. The predicted octanol–water partition coefficient (Wildman–Crippen LogP) is 5.89. The molecule has 3 aromatic rings. The van der Waals surface area contributed by atoms with Crippen LogP contribution in [0.2, 0.25) is 0 Å². The molecule has 2 atom stereocenters. The molecule has 9 heteroatoms. The van der Waals surface area contributed by atoms with Gasteiger partial charge in [0.1, 0.15) is 10.7 Å². The fraction of sp³-hybridized carbons (Fsp3) is 0.375. The van der Waals surface area contributed by atoms with Gasteiger partial charge in [-0.1, -0.05) is 37.3 Å². The lowest BCUT2D eigenvalue weighted by Crippen LogP contribution is -2.51. The van der Waals surface area contributed by atoms with E-state index >= 15 is 0 Å². The molecule has 0 aliphatic carbocycles. The highest BCUT2D eigenvalue weighted by Gasteiger charge is 2.35. The summed E-state index contributed by atoms with van der Waals surface area (Å²) in [7, 11) is 0. The molecule has 0 bridgehead atoms. The Morgan fingerprint density at radius 2 is 1.97 bits per heavy atom. The fourth-order valence-corrected chi connectivity index (χ4v) is 5.08. The van der Waals surface area contributed by atoms with Gasteiger partial charge in [-0.05, 0) is 37.8 Å². The highest BCUT2D eigenvalue weighted by Crippen LogP contribution is 2.33. The Bertz CT molecular complexity index is 1100. The van der Waals surface area contributed by atoms with Crippen molar-refractivity contribution in [2.75, 3.05) is 18.4 Å². The SMILES string of the molecule is Cc1nc(-c2ccccc2)c(C(=O)N2CCC[C@@H](C)[C@H]2CNc2ccc(C(F)(F)F)cn2)s1. The van der Waals surface area contributed by atoms with E-state index in [1.54, 1.807) is 0 Å². The van der Waals surface area contributed by atoms with Crippen LogP contribution in [0.15, 0.2) is 48.7 Å². The Morgan fingerprint density at radius 1 is 1.21 bits per heavy atom. The number of alkyl halides is 3. The molecule has 5 nitrogen and oxygen atoms in total. The summed E-state index contributed by atoms with van der Waals surface area (Å²) in [5.41, 5.74) is 0.807. The molecule has 1 N–H and O–H groups in total. The van der Waals surface area contributed by atoms with Crippen LogP contribution in [0.4, 0.5) is 19.0 Å². The number of pyridine rings is 1. The zero-order valence-corrected chi connectivity index (χ0v) is 19.2. The minimum Gasteiger partial charge on any atom is -0.368 e. The van der Waals surface area contributed by atoms with Crippen LogP contribution in [-0.4, -0.2) is 39.9 Å². The summed E-state index contributed by atoms with van der Waals surface area (Å²) in [4.78, 5) is 24.7. The number of benzene rings is 1. The molecule has 4 rings (SSSR count). The van der Waals surface area contributed by atoms with Crippen LogP contribution in [0.3, 0.4) is 0 Å². The van der Waals surface area contributed by atoms with Gasteiger partial charge in [0.25, 0.3) is 5.91 Å². The molecule has 2 aromatic heterocycles. The van der Waals surface area contributed by atoms with Crippen LogP contribution in [-0.2, 0) is 6.18 Å². The van der Waals surface area contributed by atoms with Crippen molar-refractivity contribution in [3.8, 4) is 11.3 Å². The summed E-state index contributed by atoms with van der Waals surface area (Å²) in [5.74, 6) is 0.531. The Kier molecular flexibility index (Phi) is 6.69. The number of carbonyl (C=O) groups is 1. The minimum absolute atomic E-state index is 0.0572. The molecular weight excluding hydrogens is 449 g/mol. The maximum absolute atomic E-state index is 13.7. The van der Waals surface area contributed by atoms with E-state index in [-0.39, 0.29) is 17.9 Å². The van der Waals surface area contributed by atoms with Crippen LogP contribution in [0.5, 0.6) is 0 Å². The average molecular weight is 475 g/mol. The zero-order valence-electron chi connectivity index (χ0n) is 18.4. The lowest BCUT2D eigenvalue weighted by molar-refractivity contribution is -0.137. The lowest BCUT2D eigenvalue weighted by Gasteiger charge is -2.40. The lowest BCUT2D eigenvalue weighted by atomic mass is 9.90. The van der Waals surface area contributed by atoms with E-state index in [1.807, 2.05) is 42.2 Å². The van der Waals surface area contributed by atoms with E-state index in [1.165, 1.54) is 17.4 Å². The van der Waals surface area contributed by atoms with E-state index in [9.17, 15) is 18.0 Å². The summed E-state index contributed by atoms with van der Waals surface area (Å²) in [6, 6.07) is 11.9. The summed E-state index contributed by atoms with van der Waals surface area (Å²) in [6.07, 6.45) is -1.72. The topological polar surface area (TPSA) is 58.1 Å². The van der Waals surface area contributed by atoms with Crippen molar-refractivity contribution >= 4 is 23.1 Å². The Labute approximate surface area is 194 Å². The number of aromatic nitrogens is 2. The number of aryl methyl sites for hydroxylation is 1. The first-order valence-corrected chi connectivity index (χ1v) is 11.7. The average Bonchev–Trinajstić information content (AvgIpc) is 3.19. The Hall–Kier alpha value is -2.94. The van der Waals surface area contributed by atoms with E-state index < -0.39 is 11.7 Å². The maximum atomic E-state index is 13.7. The second kappa shape index (κ2) is 9.51. The van der Waals surface area contributed by atoms with Crippen LogP contribution >= 0.6 is 11.3 Å². The maximum Gasteiger partial charge on any atom is 0.417 e. The zero-order chi connectivity index (χ0) is 23.6. The van der Waals surface area contributed by atoms with Gasteiger partial charge >= 0.3 is 6.18 Å². The smallest absolute Gasteiger partial charge is 0.368 e. The molecule has 1 aliphatic heterocycles. The third-order valence-electron chi connectivity index (χ3n) is 5.94. The van der Waals surface area contributed by atoms with Gasteiger partial charge in [0.15, 0.2) is 0 Å². The van der Waals surface area contributed by atoms with Gasteiger partial charge in [0, 0.05) is 24.8 Å². The van der Waals surface area contributed by atoms with Crippen molar-refractivity contribution in [1.29, 1.82) is 0 Å². The third-order valence-corrected chi connectivity index (χ3v) is 6.89. The summed E-state index contributed by atoms with van der Waals surface area (Å²) in [5, 5.41) is 3.95. The van der Waals surface area contributed by atoms with E-state index in [0.29, 0.717) is 29.5 Å². The molecule has 3 heterocycles. The van der Waals surface area contributed by atoms with Crippen molar-refractivity contribution in [2.24, 2.45) is 5.92 Å². The molecule has 0 unspecified atom stereocenters. The largest absolute Gasteiger partial charge is 0.417 e. The van der Waals surface area contributed by atoms with Crippen LogP contribution in [0.1, 0.15) is 40.0 Å². The Morgan fingerprint density at radius 3 is 2.64 bits per heavy atom. The third kappa shape index (κ3) is 5.19. The van der Waals surface area contributed by atoms with Crippen LogP contribution in [0.25, 0.3) is 11.3 Å². The second-order valence-corrected chi connectivity index (χ2v) is 9.48. The van der Waals surface area contributed by atoms with Gasteiger partial charge in [-0.25, -0.2) is 9.97 Å². The quantitative estimate of drug-likeness (QED) is 0.501. The number of anilines is 1. The molecular formula is C24H25F3N4OS. The van der Waals surface area contributed by atoms with Crippen molar-refractivity contribution in [3.05, 3.63) is 64.1 Å². The predicted molar refractivity (Wildman–Crippen MR) is 123 cm³/mol. The molecule has 0 saturated carbocycles. The van der Waals surface area contributed by atoms with E-state index in [4.69, 9.17) is 0 Å². The molecule has 1 amide bonds. The highest BCUT2D eigenvalue weighted by atomic mass is 32.1. The standard InChI is InChI=1S/C24H25F3N4OS/c1-15-7-6-12-31(19(15)14-29-20-11-10-18(13-28-20)24(25,26)27)23(32)22-21(30-16(2)33-22)17-8-4-3-5-9-17/h3-5,8-11,13,15,19H,6-7,12,14H2,1-2H3,(H,28,29)/t15-,19-/m1/s1. The number of likely N-dealkylation sites (tertiary alicyclic amines) is 1. The first kappa shape index (κ1) is 23.2. The number of nitrogens with one attached hydrogen (secondary N) is 1. The van der Waals surface area contributed by atoms with E-state index in [0.717, 1.165) is 35.7 Å². The van der Waals surface area contributed by atoms with Crippen LogP contribution < -0.4 is 5.32 Å². The number of rotatable bonds is 5. The highest BCUT2D eigenvalue weighted by molar-refractivity contribution is 7.14. The summed E-state index contributed by atoms with van der Waals surface area (Å²) >= 11 is 1.39. The number of piperidine rings is 1. The second-order valence-electron chi connectivity index (χ2n) is 8.27.